The number of anilines is 1. The smallest absolute Gasteiger partial charge is 0.247 e. The summed E-state index contributed by atoms with van der Waals surface area (Å²) >= 11 is 0. The Labute approximate surface area is 196 Å². The van der Waals surface area contributed by atoms with Gasteiger partial charge in [0.25, 0.3) is 0 Å². The van der Waals surface area contributed by atoms with Crippen molar-refractivity contribution in [3.63, 3.8) is 0 Å². The highest BCUT2D eigenvalue weighted by Crippen LogP contribution is 2.38. The molecule has 2 aromatic rings. The number of nitrogens with one attached hydrogen (secondary N) is 2. The average Bonchev–Trinajstić information content (AvgIpc) is 3.42. The summed E-state index contributed by atoms with van der Waals surface area (Å²) in [7, 11) is 0. The van der Waals surface area contributed by atoms with Gasteiger partial charge in [0.2, 0.25) is 5.91 Å². The van der Waals surface area contributed by atoms with Crippen molar-refractivity contribution in [1.29, 1.82) is 0 Å². The number of likely N-dealkylation sites (tertiary alicyclic amines) is 1. The van der Waals surface area contributed by atoms with E-state index in [0.29, 0.717) is 18.6 Å². The largest absolute Gasteiger partial charge is 0.370 e. The number of para-hydroxylation sites is 1. The molecule has 3 aliphatic heterocycles. The fourth-order valence-corrected chi connectivity index (χ4v) is 6.37. The molecule has 172 valence electrons. The van der Waals surface area contributed by atoms with Gasteiger partial charge in [-0.1, -0.05) is 42.5 Å². The fourth-order valence-electron chi connectivity index (χ4n) is 6.37. The van der Waals surface area contributed by atoms with E-state index in [1.54, 1.807) is 0 Å². The molecule has 1 spiro atoms. The van der Waals surface area contributed by atoms with Crippen molar-refractivity contribution in [2.24, 2.45) is 4.99 Å². The fraction of sp³-hybridized carbons (Fsp3) is 0.481. The van der Waals surface area contributed by atoms with Crippen LogP contribution in [0.25, 0.3) is 0 Å². The zero-order chi connectivity index (χ0) is 22.3. The van der Waals surface area contributed by atoms with Gasteiger partial charge in [-0.05, 0) is 48.9 Å². The highest BCUT2D eigenvalue weighted by Gasteiger charge is 2.50. The highest BCUT2D eigenvalue weighted by atomic mass is 16.2. The first-order chi connectivity index (χ1) is 16.2. The molecule has 3 heterocycles. The molecule has 3 fully saturated rings. The molecule has 33 heavy (non-hydrogen) atoms. The van der Waals surface area contributed by atoms with Crippen LogP contribution in [0.5, 0.6) is 0 Å². The molecule has 2 unspecified atom stereocenters. The molecule has 0 bridgehead atoms. The van der Waals surface area contributed by atoms with E-state index in [1.165, 1.54) is 29.8 Å². The summed E-state index contributed by atoms with van der Waals surface area (Å²) in [5.74, 6) is 1.94. The number of carbonyl (C=O) groups is 1. The second kappa shape index (κ2) is 8.49. The van der Waals surface area contributed by atoms with Crippen molar-refractivity contribution in [3.05, 3.63) is 65.7 Å². The molecule has 1 amide bonds. The lowest BCUT2D eigenvalue weighted by atomic mass is 9.80. The summed E-state index contributed by atoms with van der Waals surface area (Å²) in [5.41, 5.74) is 3.76. The van der Waals surface area contributed by atoms with Crippen LogP contribution in [0.2, 0.25) is 0 Å². The molecule has 3 saturated heterocycles. The van der Waals surface area contributed by atoms with Gasteiger partial charge in [0.05, 0.1) is 19.0 Å². The van der Waals surface area contributed by atoms with Crippen molar-refractivity contribution >= 4 is 17.4 Å². The summed E-state index contributed by atoms with van der Waals surface area (Å²) in [6.45, 7) is 4.26. The number of hydrogen-bond acceptors (Lipinski definition) is 4. The number of benzene rings is 2. The molecule has 0 saturated carbocycles. The average molecular weight is 444 g/mol. The number of amides is 1. The Morgan fingerprint density at radius 2 is 1.82 bits per heavy atom. The topological polar surface area (TPSA) is 60.0 Å². The maximum atomic E-state index is 12.8. The van der Waals surface area contributed by atoms with Crippen molar-refractivity contribution < 1.29 is 4.79 Å². The third-order valence-corrected chi connectivity index (χ3v) is 8.24. The second-order valence-electron chi connectivity index (χ2n) is 9.93. The zero-order valence-corrected chi connectivity index (χ0v) is 19.2. The maximum Gasteiger partial charge on any atom is 0.247 e. The molecule has 2 atom stereocenters. The first-order valence-electron chi connectivity index (χ1n) is 12.4. The van der Waals surface area contributed by atoms with Crippen LogP contribution < -0.4 is 15.5 Å². The van der Waals surface area contributed by atoms with Gasteiger partial charge in [0.15, 0.2) is 0 Å². The van der Waals surface area contributed by atoms with E-state index < -0.39 is 5.54 Å². The van der Waals surface area contributed by atoms with Crippen LogP contribution in [-0.2, 0) is 11.2 Å². The number of nitrogens with zero attached hydrogens (tertiary/aromatic N) is 3. The number of piperidine rings is 1. The van der Waals surface area contributed by atoms with Crippen molar-refractivity contribution in [2.45, 2.75) is 49.6 Å². The van der Waals surface area contributed by atoms with Gasteiger partial charge < -0.3 is 20.4 Å². The number of hydrogen-bond donors (Lipinski definition) is 2. The van der Waals surface area contributed by atoms with E-state index in [9.17, 15) is 4.79 Å². The van der Waals surface area contributed by atoms with Gasteiger partial charge in [0, 0.05) is 43.7 Å². The van der Waals surface area contributed by atoms with Crippen LogP contribution in [0.1, 0.15) is 42.7 Å². The van der Waals surface area contributed by atoms with Gasteiger partial charge in [-0.2, -0.15) is 0 Å². The zero-order valence-electron chi connectivity index (χ0n) is 19.2. The van der Waals surface area contributed by atoms with Crippen LogP contribution in [0, 0.1) is 0 Å². The van der Waals surface area contributed by atoms with E-state index in [2.05, 4.69) is 56.8 Å². The Morgan fingerprint density at radius 1 is 1.03 bits per heavy atom. The number of carbonyl (C=O) groups excluding carboxylic acids is 1. The lowest BCUT2D eigenvalue weighted by molar-refractivity contribution is -0.125. The number of fused-ring (bicyclic) bond motifs is 3. The Balaban J connectivity index is 1.05. The second-order valence-corrected chi connectivity index (χ2v) is 9.93. The minimum absolute atomic E-state index is 0.185. The highest BCUT2D eigenvalue weighted by molar-refractivity contribution is 5.93. The van der Waals surface area contributed by atoms with Crippen LogP contribution in [0.4, 0.5) is 5.69 Å². The summed E-state index contributed by atoms with van der Waals surface area (Å²) in [4.78, 5) is 22.5. The lowest BCUT2D eigenvalue weighted by Gasteiger charge is -2.43. The van der Waals surface area contributed by atoms with Crippen LogP contribution in [0.3, 0.4) is 0 Å². The first kappa shape index (κ1) is 20.7. The Hall–Kier alpha value is -2.86. The number of aryl methyl sites for hydroxylation is 1. The molecule has 1 aliphatic carbocycles. The van der Waals surface area contributed by atoms with Gasteiger partial charge in [0.1, 0.15) is 5.54 Å². The Morgan fingerprint density at radius 3 is 2.67 bits per heavy atom. The maximum absolute atomic E-state index is 12.8. The number of aliphatic imine (C=N–C) groups is 1. The molecule has 0 aromatic heterocycles. The van der Waals surface area contributed by atoms with Gasteiger partial charge in [-0.15, -0.1) is 0 Å². The van der Waals surface area contributed by atoms with E-state index in [-0.39, 0.29) is 5.91 Å². The summed E-state index contributed by atoms with van der Waals surface area (Å²) < 4.78 is 0. The molecule has 2 N–H and O–H groups in total. The Kier molecular flexibility index (Phi) is 5.33. The third-order valence-electron chi connectivity index (χ3n) is 8.24. The molecular formula is C27H33N5O. The predicted octanol–water partition coefficient (Wildman–Crippen LogP) is 2.91. The van der Waals surface area contributed by atoms with E-state index >= 15 is 0 Å². The molecular weight excluding hydrogens is 410 g/mol. The standard InChI is InChI=1S/C27H33N5O/c33-26-27(32(19-29-26)21-7-2-1-3-8-21)12-15-31(16-13-27)17-14-28-25-18-23-22-9-5-4-6-20(22)10-11-24(23)30-25/h1-9,23-24H,10-19H2,(H,28,30)(H,29,33). The number of rotatable bonds is 4. The summed E-state index contributed by atoms with van der Waals surface area (Å²) in [5, 5.41) is 6.81. The van der Waals surface area contributed by atoms with E-state index in [4.69, 9.17) is 4.99 Å². The minimum Gasteiger partial charge on any atom is -0.370 e. The monoisotopic (exact) mass is 443 g/mol. The summed E-state index contributed by atoms with van der Waals surface area (Å²) in [6, 6.07) is 19.8. The van der Waals surface area contributed by atoms with Crippen LogP contribution >= 0.6 is 0 Å². The lowest BCUT2D eigenvalue weighted by Crippen LogP contribution is -2.56. The third kappa shape index (κ3) is 3.70. The first-order valence-corrected chi connectivity index (χ1v) is 12.4. The van der Waals surface area contributed by atoms with Gasteiger partial charge in [-0.3, -0.25) is 9.79 Å². The molecule has 2 aromatic carbocycles. The normalized spacial score (nSPS) is 27.3. The van der Waals surface area contributed by atoms with Crippen LogP contribution in [0.15, 0.2) is 59.6 Å². The molecule has 6 heteroatoms. The molecule has 6 nitrogen and oxygen atoms in total. The van der Waals surface area contributed by atoms with Crippen molar-refractivity contribution in [3.8, 4) is 0 Å². The minimum atomic E-state index is -0.403. The SMILES string of the molecule is O=C1NCN(c2ccccc2)C12CCN(CCN=C1CC3c4ccccc4CCC3N1)CC2. The van der Waals surface area contributed by atoms with Gasteiger partial charge >= 0.3 is 0 Å². The van der Waals surface area contributed by atoms with Crippen molar-refractivity contribution in [2.75, 3.05) is 37.7 Å². The quantitative estimate of drug-likeness (QED) is 0.763. The van der Waals surface area contributed by atoms with Crippen molar-refractivity contribution in [1.82, 2.24) is 15.5 Å². The van der Waals surface area contributed by atoms with E-state index in [1.807, 2.05) is 18.2 Å². The van der Waals surface area contributed by atoms with Gasteiger partial charge in [-0.25, -0.2) is 0 Å². The Bertz CT molecular complexity index is 1040. The molecule has 0 radical (unpaired) electrons. The molecule has 4 aliphatic rings. The van der Waals surface area contributed by atoms with Crippen LogP contribution in [-0.4, -0.2) is 61.1 Å². The van der Waals surface area contributed by atoms with E-state index in [0.717, 1.165) is 51.1 Å². The predicted molar refractivity (Wildman–Crippen MR) is 132 cm³/mol. The number of amidine groups is 1. The molecule has 6 rings (SSSR count). The summed E-state index contributed by atoms with van der Waals surface area (Å²) in [6.07, 6.45) is 5.14.